The number of hydrogen-bond acceptors (Lipinski definition) is 2. The van der Waals surface area contributed by atoms with Gasteiger partial charge in [0.25, 0.3) is 0 Å². The zero-order valence-electron chi connectivity index (χ0n) is 10.5. The molecular formula is C16H13ClO2. The second-order valence-corrected chi connectivity index (χ2v) is 4.89. The maximum Gasteiger partial charge on any atom is 0.134 e. The molecule has 3 heteroatoms. The van der Waals surface area contributed by atoms with Crippen LogP contribution in [0.3, 0.4) is 0 Å². The highest BCUT2D eigenvalue weighted by Crippen LogP contribution is 2.26. The molecule has 0 bridgehead atoms. The highest BCUT2D eigenvalue weighted by molar-refractivity contribution is 6.30. The molecule has 3 rings (SSSR count). The molecular weight excluding hydrogens is 260 g/mol. The van der Waals surface area contributed by atoms with E-state index in [0.29, 0.717) is 11.6 Å². The van der Waals surface area contributed by atoms with E-state index in [1.807, 2.05) is 36.4 Å². The Hall–Kier alpha value is -1.93. The van der Waals surface area contributed by atoms with Gasteiger partial charge in [0.05, 0.1) is 6.26 Å². The monoisotopic (exact) mass is 272 g/mol. The molecule has 0 radical (unpaired) electrons. The number of hydrogen-bond donors (Lipinski definition) is 0. The van der Waals surface area contributed by atoms with Crippen LogP contribution in [0.2, 0.25) is 5.02 Å². The van der Waals surface area contributed by atoms with Gasteiger partial charge in [0.2, 0.25) is 0 Å². The summed E-state index contributed by atoms with van der Waals surface area (Å²) >= 11 is 5.84. The number of halogens is 1. The number of aryl methyl sites for hydroxylation is 1. The first kappa shape index (κ1) is 12.1. The maximum absolute atomic E-state index is 5.84. The van der Waals surface area contributed by atoms with Gasteiger partial charge in [0, 0.05) is 16.0 Å². The highest BCUT2D eigenvalue weighted by Gasteiger charge is 2.08. The van der Waals surface area contributed by atoms with E-state index in [9.17, 15) is 0 Å². The Kier molecular flexibility index (Phi) is 3.18. The first-order valence-electron chi connectivity index (χ1n) is 6.08. The number of furan rings is 1. The summed E-state index contributed by atoms with van der Waals surface area (Å²) in [5.41, 5.74) is 3.15. The summed E-state index contributed by atoms with van der Waals surface area (Å²) in [5, 5.41) is 1.84. The Morgan fingerprint density at radius 3 is 2.68 bits per heavy atom. The van der Waals surface area contributed by atoms with Crippen molar-refractivity contribution in [3.05, 3.63) is 64.9 Å². The van der Waals surface area contributed by atoms with Gasteiger partial charge in [-0.1, -0.05) is 23.7 Å². The van der Waals surface area contributed by atoms with E-state index in [4.69, 9.17) is 20.8 Å². The Bertz CT molecular complexity index is 698. The van der Waals surface area contributed by atoms with Gasteiger partial charge in [-0.3, -0.25) is 0 Å². The van der Waals surface area contributed by atoms with Crippen LogP contribution in [0, 0.1) is 6.92 Å². The van der Waals surface area contributed by atoms with Crippen LogP contribution in [0.4, 0.5) is 0 Å². The Labute approximate surface area is 116 Å². The fourth-order valence-electron chi connectivity index (χ4n) is 2.14. The predicted octanol–water partition coefficient (Wildman–Crippen LogP) is 4.97. The van der Waals surface area contributed by atoms with Gasteiger partial charge < -0.3 is 9.15 Å². The van der Waals surface area contributed by atoms with Crippen LogP contribution < -0.4 is 4.74 Å². The minimum Gasteiger partial charge on any atom is -0.489 e. The van der Waals surface area contributed by atoms with Crippen LogP contribution >= 0.6 is 11.6 Å². The summed E-state index contributed by atoms with van der Waals surface area (Å²) in [6.07, 6.45) is 1.76. The molecule has 3 aromatic rings. The lowest BCUT2D eigenvalue weighted by Gasteiger charge is -2.05. The average molecular weight is 273 g/mol. The first-order chi connectivity index (χ1) is 9.24. The molecule has 0 saturated carbocycles. The van der Waals surface area contributed by atoms with Crippen molar-refractivity contribution in [2.75, 3.05) is 0 Å². The lowest BCUT2D eigenvalue weighted by atomic mass is 10.1. The molecule has 1 heterocycles. The van der Waals surface area contributed by atoms with Gasteiger partial charge in [0.1, 0.15) is 17.9 Å². The molecule has 2 aromatic carbocycles. The summed E-state index contributed by atoms with van der Waals surface area (Å²) in [6, 6.07) is 13.4. The highest BCUT2D eigenvalue weighted by atomic mass is 35.5. The van der Waals surface area contributed by atoms with Crippen LogP contribution in [0.15, 0.2) is 53.1 Å². The largest absolute Gasteiger partial charge is 0.489 e. The van der Waals surface area contributed by atoms with Crippen molar-refractivity contribution in [2.24, 2.45) is 0 Å². The zero-order valence-corrected chi connectivity index (χ0v) is 11.3. The van der Waals surface area contributed by atoms with Gasteiger partial charge >= 0.3 is 0 Å². The quantitative estimate of drug-likeness (QED) is 0.671. The van der Waals surface area contributed by atoms with Crippen LogP contribution in [0.5, 0.6) is 5.75 Å². The molecule has 0 amide bonds. The fraction of sp³-hybridized carbons (Fsp3) is 0.125. The average Bonchev–Trinajstić information content (AvgIpc) is 2.83. The van der Waals surface area contributed by atoms with E-state index in [1.165, 1.54) is 5.56 Å². The third-order valence-electron chi connectivity index (χ3n) is 3.09. The second kappa shape index (κ2) is 4.98. The Morgan fingerprint density at radius 2 is 1.89 bits per heavy atom. The smallest absolute Gasteiger partial charge is 0.134 e. The SMILES string of the molecule is Cc1cccc2occ(COc3ccc(Cl)cc3)c12. The summed E-state index contributed by atoms with van der Waals surface area (Å²) in [6.45, 7) is 2.56. The molecule has 0 fully saturated rings. The van der Waals surface area contributed by atoms with Crippen LogP contribution in [0.25, 0.3) is 11.0 Å². The Balaban J connectivity index is 1.84. The zero-order chi connectivity index (χ0) is 13.2. The second-order valence-electron chi connectivity index (χ2n) is 4.45. The van der Waals surface area contributed by atoms with E-state index in [0.717, 1.165) is 22.3 Å². The van der Waals surface area contributed by atoms with E-state index in [1.54, 1.807) is 6.26 Å². The van der Waals surface area contributed by atoms with Gasteiger partial charge in [-0.05, 0) is 42.8 Å². The third-order valence-corrected chi connectivity index (χ3v) is 3.34. The van der Waals surface area contributed by atoms with E-state index >= 15 is 0 Å². The van der Waals surface area contributed by atoms with Gasteiger partial charge in [-0.25, -0.2) is 0 Å². The number of ether oxygens (including phenoxy) is 1. The van der Waals surface area contributed by atoms with Crippen molar-refractivity contribution in [1.82, 2.24) is 0 Å². The number of fused-ring (bicyclic) bond motifs is 1. The van der Waals surface area contributed by atoms with Crippen LogP contribution in [0.1, 0.15) is 11.1 Å². The lowest BCUT2D eigenvalue weighted by molar-refractivity contribution is 0.306. The molecule has 0 aliphatic carbocycles. The summed E-state index contributed by atoms with van der Waals surface area (Å²) < 4.78 is 11.3. The fourth-order valence-corrected chi connectivity index (χ4v) is 2.27. The van der Waals surface area contributed by atoms with Crippen molar-refractivity contribution >= 4 is 22.6 Å². The maximum atomic E-state index is 5.84. The van der Waals surface area contributed by atoms with Crippen LogP contribution in [-0.4, -0.2) is 0 Å². The molecule has 0 aliphatic heterocycles. The molecule has 0 spiro atoms. The molecule has 1 aromatic heterocycles. The van der Waals surface area contributed by atoms with E-state index in [-0.39, 0.29) is 0 Å². The van der Waals surface area contributed by atoms with E-state index in [2.05, 4.69) is 13.0 Å². The summed E-state index contributed by atoms with van der Waals surface area (Å²) in [5.74, 6) is 0.798. The molecule has 0 unspecified atom stereocenters. The van der Waals surface area contributed by atoms with Crippen molar-refractivity contribution in [1.29, 1.82) is 0 Å². The van der Waals surface area contributed by atoms with Crippen molar-refractivity contribution in [3.8, 4) is 5.75 Å². The van der Waals surface area contributed by atoms with Crippen molar-refractivity contribution < 1.29 is 9.15 Å². The number of rotatable bonds is 3. The van der Waals surface area contributed by atoms with Crippen molar-refractivity contribution in [3.63, 3.8) is 0 Å². The Morgan fingerprint density at radius 1 is 1.11 bits per heavy atom. The van der Waals surface area contributed by atoms with Gasteiger partial charge in [0.15, 0.2) is 0 Å². The molecule has 96 valence electrons. The lowest BCUT2D eigenvalue weighted by Crippen LogP contribution is -1.94. The molecule has 0 saturated heterocycles. The molecule has 2 nitrogen and oxygen atoms in total. The molecule has 0 N–H and O–H groups in total. The van der Waals surface area contributed by atoms with Crippen LogP contribution in [-0.2, 0) is 6.61 Å². The minimum atomic E-state index is 0.486. The van der Waals surface area contributed by atoms with Gasteiger partial charge in [-0.2, -0.15) is 0 Å². The molecule has 19 heavy (non-hydrogen) atoms. The topological polar surface area (TPSA) is 22.4 Å². The third kappa shape index (κ3) is 2.45. The minimum absolute atomic E-state index is 0.486. The van der Waals surface area contributed by atoms with Gasteiger partial charge in [-0.15, -0.1) is 0 Å². The first-order valence-corrected chi connectivity index (χ1v) is 6.46. The standard InChI is InChI=1S/C16H13ClO2/c1-11-3-2-4-15-16(11)12(10-19-15)9-18-14-7-5-13(17)6-8-14/h2-8,10H,9H2,1H3. The van der Waals surface area contributed by atoms with Crippen molar-refractivity contribution in [2.45, 2.75) is 13.5 Å². The molecule has 0 aliphatic rings. The van der Waals surface area contributed by atoms with E-state index < -0.39 is 0 Å². The summed E-state index contributed by atoms with van der Waals surface area (Å²) in [4.78, 5) is 0. The predicted molar refractivity (Wildman–Crippen MR) is 76.7 cm³/mol. The molecule has 0 atom stereocenters. The summed E-state index contributed by atoms with van der Waals surface area (Å²) in [7, 11) is 0. The normalized spacial score (nSPS) is 10.8. The number of benzene rings is 2.